The van der Waals surface area contributed by atoms with Crippen molar-refractivity contribution in [3.63, 3.8) is 0 Å². The van der Waals surface area contributed by atoms with Crippen molar-refractivity contribution in [2.75, 3.05) is 0 Å². The molecular weight excluding hydrogens is 318 g/mol. The van der Waals surface area contributed by atoms with E-state index in [-0.39, 0.29) is 11.9 Å². The molecule has 5 heteroatoms. The minimum Gasteiger partial charge on any atom is -0.330 e. The monoisotopic (exact) mass is 333 g/mol. The molecule has 2 aromatic heterocycles. The van der Waals surface area contributed by atoms with E-state index >= 15 is 0 Å². The smallest absolute Gasteiger partial charge is 0.254 e. The molecule has 0 aliphatic rings. The van der Waals surface area contributed by atoms with E-state index in [1.807, 2.05) is 32.0 Å². The Morgan fingerprint density at radius 2 is 2.05 bits per heavy atom. The molecule has 2 aromatic rings. The van der Waals surface area contributed by atoms with Gasteiger partial charge in [-0.1, -0.05) is 6.07 Å². The van der Waals surface area contributed by atoms with Gasteiger partial charge in [0.05, 0.1) is 12.2 Å². The average molecular weight is 334 g/mol. The zero-order valence-corrected chi connectivity index (χ0v) is 13.0. The van der Waals surface area contributed by atoms with Crippen LogP contribution in [0.25, 0.3) is 0 Å². The van der Waals surface area contributed by atoms with Crippen molar-refractivity contribution in [3.05, 3.63) is 58.6 Å². The van der Waals surface area contributed by atoms with Gasteiger partial charge in [0.25, 0.3) is 5.91 Å². The van der Waals surface area contributed by atoms with Gasteiger partial charge in [-0.25, -0.2) is 4.98 Å². The average Bonchev–Trinajstić information content (AvgIpc) is 2.45. The Kier molecular flexibility index (Phi) is 4.84. The largest absolute Gasteiger partial charge is 0.330 e. The zero-order chi connectivity index (χ0) is 14.5. The van der Waals surface area contributed by atoms with E-state index in [2.05, 4.69) is 25.9 Å². The maximum atomic E-state index is 12.6. The van der Waals surface area contributed by atoms with E-state index in [0.717, 1.165) is 5.69 Å². The molecule has 0 aliphatic heterocycles. The fraction of sp³-hybridized carbons (Fsp3) is 0.267. The highest BCUT2D eigenvalue weighted by atomic mass is 79.9. The van der Waals surface area contributed by atoms with Gasteiger partial charge >= 0.3 is 0 Å². The summed E-state index contributed by atoms with van der Waals surface area (Å²) in [6, 6.07) is 9.26. The van der Waals surface area contributed by atoms with Crippen LogP contribution in [0.5, 0.6) is 0 Å². The second-order valence-corrected chi connectivity index (χ2v) is 5.53. The van der Waals surface area contributed by atoms with Gasteiger partial charge in [0.2, 0.25) is 0 Å². The van der Waals surface area contributed by atoms with E-state index in [9.17, 15) is 4.79 Å². The number of rotatable bonds is 4. The van der Waals surface area contributed by atoms with Crippen LogP contribution in [0.3, 0.4) is 0 Å². The lowest BCUT2D eigenvalue weighted by molar-refractivity contribution is 0.0687. The van der Waals surface area contributed by atoms with Gasteiger partial charge in [0, 0.05) is 24.0 Å². The first-order valence-corrected chi connectivity index (χ1v) is 7.19. The lowest BCUT2D eigenvalue weighted by atomic mass is 10.2. The Morgan fingerprint density at radius 3 is 2.65 bits per heavy atom. The quantitative estimate of drug-likeness (QED) is 0.806. The van der Waals surface area contributed by atoms with Gasteiger partial charge in [-0.3, -0.25) is 9.78 Å². The number of hydrogen-bond donors (Lipinski definition) is 0. The molecule has 0 radical (unpaired) electrons. The molecule has 0 unspecified atom stereocenters. The van der Waals surface area contributed by atoms with Gasteiger partial charge < -0.3 is 4.90 Å². The van der Waals surface area contributed by atoms with Crippen LogP contribution in [-0.4, -0.2) is 26.8 Å². The first-order valence-electron chi connectivity index (χ1n) is 6.40. The van der Waals surface area contributed by atoms with Gasteiger partial charge in [-0.05, 0) is 54.0 Å². The summed E-state index contributed by atoms with van der Waals surface area (Å²) in [6.45, 7) is 4.49. The number of carbonyl (C=O) groups is 1. The van der Waals surface area contributed by atoms with Crippen LogP contribution in [0.15, 0.2) is 47.3 Å². The number of pyridine rings is 2. The van der Waals surface area contributed by atoms with E-state index in [4.69, 9.17) is 0 Å². The maximum absolute atomic E-state index is 12.6. The molecule has 20 heavy (non-hydrogen) atoms. The van der Waals surface area contributed by atoms with Crippen molar-refractivity contribution in [2.24, 2.45) is 0 Å². The Bertz CT molecular complexity index is 587. The van der Waals surface area contributed by atoms with E-state index < -0.39 is 0 Å². The molecule has 0 N–H and O–H groups in total. The molecule has 0 saturated carbocycles. The maximum Gasteiger partial charge on any atom is 0.254 e. The molecule has 104 valence electrons. The SMILES string of the molecule is CC(C)N(Cc1ccccn1)C(=O)c1ccnc(Br)c1. The van der Waals surface area contributed by atoms with Gasteiger partial charge in [0.1, 0.15) is 4.60 Å². The van der Waals surface area contributed by atoms with Crippen LogP contribution < -0.4 is 0 Å². The zero-order valence-electron chi connectivity index (χ0n) is 11.5. The Morgan fingerprint density at radius 1 is 1.25 bits per heavy atom. The lowest BCUT2D eigenvalue weighted by Gasteiger charge is -2.26. The highest BCUT2D eigenvalue weighted by Gasteiger charge is 2.19. The van der Waals surface area contributed by atoms with Gasteiger partial charge in [-0.15, -0.1) is 0 Å². The molecule has 0 saturated heterocycles. The van der Waals surface area contributed by atoms with E-state index in [0.29, 0.717) is 16.7 Å². The second-order valence-electron chi connectivity index (χ2n) is 4.72. The Labute approximate surface area is 127 Å². The van der Waals surface area contributed by atoms with Crippen molar-refractivity contribution in [1.82, 2.24) is 14.9 Å². The summed E-state index contributed by atoms with van der Waals surface area (Å²) in [5, 5.41) is 0. The predicted octanol–water partition coefficient (Wildman–Crippen LogP) is 3.29. The van der Waals surface area contributed by atoms with Crippen LogP contribution in [0.2, 0.25) is 0 Å². The topological polar surface area (TPSA) is 46.1 Å². The third kappa shape index (κ3) is 3.63. The fourth-order valence-corrected chi connectivity index (χ4v) is 2.22. The van der Waals surface area contributed by atoms with Crippen molar-refractivity contribution in [3.8, 4) is 0 Å². The molecular formula is C15H16BrN3O. The third-order valence-electron chi connectivity index (χ3n) is 2.92. The van der Waals surface area contributed by atoms with E-state index in [1.165, 1.54) is 0 Å². The third-order valence-corrected chi connectivity index (χ3v) is 3.35. The molecule has 0 atom stereocenters. The minimum atomic E-state index is -0.0197. The Balaban J connectivity index is 2.23. The molecule has 0 fully saturated rings. The second kappa shape index (κ2) is 6.61. The summed E-state index contributed by atoms with van der Waals surface area (Å²) in [7, 11) is 0. The van der Waals surface area contributed by atoms with Crippen LogP contribution in [0.1, 0.15) is 29.9 Å². The molecule has 1 amide bonds. The number of amides is 1. The Hall–Kier alpha value is -1.75. The summed E-state index contributed by atoms with van der Waals surface area (Å²) < 4.78 is 0.657. The summed E-state index contributed by atoms with van der Waals surface area (Å²) in [6.07, 6.45) is 3.36. The highest BCUT2D eigenvalue weighted by Crippen LogP contribution is 2.14. The standard InChI is InChI=1S/C15H16BrN3O/c1-11(2)19(10-13-5-3-4-7-17-13)15(20)12-6-8-18-14(16)9-12/h3-9,11H,10H2,1-2H3. The van der Waals surface area contributed by atoms with Crippen LogP contribution >= 0.6 is 15.9 Å². The van der Waals surface area contributed by atoms with Crippen molar-refractivity contribution in [1.29, 1.82) is 0 Å². The summed E-state index contributed by atoms with van der Waals surface area (Å²) in [4.78, 5) is 22.7. The van der Waals surface area contributed by atoms with Gasteiger partial charge in [0.15, 0.2) is 0 Å². The molecule has 0 bridgehead atoms. The van der Waals surface area contributed by atoms with Crippen LogP contribution in [0, 0.1) is 0 Å². The number of aromatic nitrogens is 2. The first kappa shape index (κ1) is 14.7. The highest BCUT2D eigenvalue weighted by molar-refractivity contribution is 9.10. The summed E-state index contributed by atoms with van der Waals surface area (Å²) in [5.41, 5.74) is 1.50. The fourth-order valence-electron chi connectivity index (χ4n) is 1.86. The molecule has 0 aliphatic carbocycles. The van der Waals surface area contributed by atoms with Crippen LogP contribution in [0.4, 0.5) is 0 Å². The summed E-state index contributed by atoms with van der Waals surface area (Å²) >= 11 is 3.29. The van der Waals surface area contributed by atoms with Crippen molar-refractivity contribution < 1.29 is 4.79 Å². The van der Waals surface area contributed by atoms with Crippen LogP contribution in [-0.2, 0) is 6.54 Å². The van der Waals surface area contributed by atoms with Crippen molar-refractivity contribution >= 4 is 21.8 Å². The molecule has 0 spiro atoms. The van der Waals surface area contributed by atoms with E-state index in [1.54, 1.807) is 29.4 Å². The normalized spacial score (nSPS) is 10.6. The summed E-state index contributed by atoms with van der Waals surface area (Å²) in [5.74, 6) is -0.0197. The molecule has 2 rings (SSSR count). The number of halogens is 1. The number of hydrogen-bond acceptors (Lipinski definition) is 3. The number of carbonyl (C=O) groups excluding carboxylic acids is 1. The molecule has 4 nitrogen and oxygen atoms in total. The molecule has 2 heterocycles. The minimum absolute atomic E-state index is 0.0197. The number of nitrogens with zero attached hydrogens (tertiary/aromatic N) is 3. The lowest BCUT2D eigenvalue weighted by Crippen LogP contribution is -2.36. The molecule has 0 aromatic carbocycles. The predicted molar refractivity (Wildman–Crippen MR) is 81.2 cm³/mol. The first-order chi connectivity index (χ1) is 9.58. The van der Waals surface area contributed by atoms with Crippen molar-refractivity contribution in [2.45, 2.75) is 26.4 Å². The van der Waals surface area contributed by atoms with Gasteiger partial charge in [-0.2, -0.15) is 0 Å².